The summed E-state index contributed by atoms with van der Waals surface area (Å²) in [5.41, 5.74) is -4.46. The van der Waals surface area contributed by atoms with E-state index in [-0.39, 0.29) is 21.1 Å². The molecule has 0 saturated carbocycles. The van der Waals surface area contributed by atoms with Gasteiger partial charge in [-0.1, -0.05) is 37.9 Å². The van der Waals surface area contributed by atoms with Crippen molar-refractivity contribution in [2.24, 2.45) is 0 Å². The number of hydrogen-bond donors (Lipinski definition) is 1. The first-order chi connectivity index (χ1) is 15.8. The first-order valence-electron chi connectivity index (χ1n) is 9.30. The third-order valence-electron chi connectivity index (χ3n) is 4.59. The molecule has 0 aromatic heterocycles. The minimum atomic E-state index is -5.33. The topological polar surface area (TPSA) is 29.1 Å². The Morgan fingerprint density at radius 1 is 0.886 bits per heavy atom. The van der Waals surface area contributed by atoms with Crippen molar-refractivity contribution < 1.29 is 48.7 Å². The van der Waals surface area contributed by atoms with Gasteiger partial charge < -0.3 is 5.32 Å². The molecule has 2 atom stereocenters. The van der Waals surface area contributed by atoms with Crippen LogP contribution in [-0.2, 0) is 6.18 Å². The number of halogens is 12. The molecule has 0 aliphatic heterocycles. The number of nitrogens with one attached hydrogen (secondary N) is 1. The number of alkyl halides is 9. The van der Waals surface area contributed by atoms with Gasteiger partial charge in [0.15, 0.2) is 0 Å². The van der Waals surface area contributed by atoms with E-state index in [9.17, 15) is 48.7 Å². The van der Waals surface area contributed by atoms with Crippen LogP contribution in [0.4, 0.5) is 43.9 Å². The van der Waals surface area contributed by atoms with Crippen molar-refractivity contribution in [3.63, 3.8) is 0 Å². The van der Waals surface area contributed by atoms with Gasteiger partial charge in [-0.15, -0.1) is 0 Å². The van der Waals surface area contributed by atoms with E-state index in [2.05, 4.69) is 31.9 Å². The summed E-state index contributed by atoms with van der Waals surface area (Å²) in [4.78, 5) is 12.0. The summed E-state index contributed by atoms with van der Waals surface area (Å²) >= 11 is 5.99. The van der Waals surface area contributed by atoms with Gasteiger partial charge in [-0.25, -0.2) is 4.39 Å². The monoisotopic (exact) mass is 643 g/mol. The molecule has 35 heavy (non-hydrogen) atoms. The molecule has 2 unspecified atom stereocenters. The van der Waals surface area contributed by atoms with E-state index in [1.807, 2.05) is 0 Å². The quantitative estimate of drug-likeness (QED) is 0.325. The lowest BCUT2D eigenvalue weighted by molar-refractivity contribution is -0.149. The Balaban J connectivity index is 2.55. The summed E-state index contributed by atoms with van der Waals surface area (Å²) in [5, 5.41) is 1.35. The molecule has 0 aliphatic carbocycles. The molecule has 1 N–H and O–H groups in total. The number of carbonyl (C=O) groups excluding carboxylic acids is 1. The zero-order valence-electron chi connectivity index (χ0n) is 17.1. The first-order valence-corrected chi connectivity index (χ1v) is 10.9. The average molecular weight is 645 g/mol. The third kappa shape index (κ3) is 7.69. The van der Waals surface area contributed by atoms with Crippen LogP contribution in [0.1, 0.15) is 39.9 Å². The minimum absolute atomic E-state index is 0.0588. The lowest BCUT2D eigenvalue weighted by atomic mass is 9.95. The Hall–Kier alpha value is -2.09. The van der Waals surface area contributed by atoms with Gasteiger partial charge in [-0.2, -0.15) is 39.5 Å². The molecule has 2 rings (SSSR count). The largest absolute Gasteiger partial charge is 0.417 e. The third-order valence-corrected chi connectivity index (χ3v) is 5.51. The predicted molar refractivity (Wildman–Crippen MR) is 114 cm³/mol. The number of rotatable bonds is 5. The summed E-state index contributed by atoms with van der Waals surface area (Å²) in [5.74, 6) is -5.99. The smallest absolute Gasteiger partial charge is 0.341 e. The minimum Gasteiger partial charge on any atom is -0.341 e. The second kappa shape index (κ2) is 10.5. The summed E-state index contributed by atoms with van der Waals surface area (Å²) < 4.78 is 135. The van der Waals surface area contributed by atoms with E-state index >= 15 is 0 Å². The number of amides is 1. The van der Waals surface area contributed by atoms with Crippen LogP contribution in [0.5, 0.6) is 0 Å². The highest BCUT2D eigenvalue weighted by Crippen LogP contribution is 2.41. The zero-order chi connectivity index (χ0) is 26.9. The number of allylic oxidation sites excluding steroid dienone is 1. The molecule has 1 amide bonds. The van der Waals surface area contributed by atoms with Crippen molar-refractivity contribution in [2.45, 2.75) is 37.4 Å². The fourth-order valence-electron chi connectivity index (χ4n) is 2.86. The fraction of sp³-hybridized carbons (Fsp3) is 0.286. The first kappa shape index (κ1) is 29.1. The van der Waals surface area contributed by atoms with Crippen molar-refractivity contribution >= 4 is 43.6 Å². The van der Waals surface area contributed by atoms with Crippen molar-refractivity contribution in [3.05, 3.63) is 73.7 Å². The van der Waals surface area contributed by atoms with Crippen LogP contribution in [0, 0.1) is 0 Å². The molecule has 0 radical (unpaired) electrons. The van der Waals surface area contributed by atoms with E-state index in [1.54, 1.807) is 0 Å². The van der Waals surface area contributed by atoms with E-state index in [0.717, 1.165) is 12.1 Å². The standard InChI is InChI=1S/C21H13Br2F10NO/c1-9(19(25,26)27)34-18(35)14-3-2-10(6-16(14)21(31,32)33)17(24)8-15(20(28,29)30)11-4-12(22)7-13(23)5-11/h2-9,15H,1H3,(H,34,35)/b17-8-. The normalized spacial score (nSPS) is 15.1. The maximum absolute atomic E-state index is 14.8. The molecule has 0 bridgehead atoms. The highest BCUT2D eigenvalue weighted by atomic mass is 79.9. The Morgan fingerprint density at radius 3 is 1.89 bits per heavy atom. The maximum Gasteiger partial charge on any atom is 0.417 e. The van der Waals surface area contributed by atoms with Crippen LogP contribution in [0.15, 0.2) is 51.4 Å². The van der Waals surface area contributed by atoms with Crippen molar-refractivity contribution in [1.29, 1.82) is 0 Å². The number of benzene rings is 2. The molecule has 14 heteroatoms. The zero-order valence-corrected chi connectivity index (χ0v) is 20.3. The highest BCUT2D eigenvalue weighted by Gasteiger charge is 2.42. The van der Waals surface area contributed by atoms with Gasteiger partial charge in [0.25, 0.3) is 5.91 Å². The van der Waals surface area contributed by atoms with Gasteiger partial charge >= 0.3 is 18.5 Å². The van der Waals surface area contributed by atoms with Crippen LogP contribution in [-0.4, -0.2) is 24.3 Å². The van der Waals surface area contributed by atoms with E-state index in [1.165, 1.54) is 11.4 Å². The SMILES string of the molecule is CC(NC(=O)c1ccc(/C(F)=C/C(c2cc(Br)cc(Br)c2)C(F)(F)F)cc1C(F)(F)F)C(F)(F)F. The van der Waals surface area contributed by atoms with Crippen LogP contribution in [0.3, 0.4) is 0 Å². The molecule has 0 saturated heterocycles. The maximum atomic E-state index is 14.8. The average Bonchev–Trinajstić information content (AvgIpc) is 2.68. The molecule has 192 valence electrons. The molecule has 2 aromatic carbocycles. The summed E-state index contributed by atoms with van der Waals surface area (Å²) in [6, 6.07) is 2.02. The van der Waals surface area contributed by atoms with Gasteiger partial charge in [-0.3, -0.25) is 4.79 Å². The summed E-state index contributed by atoms with van der Waals surface area (Å²) in [7, 11) is 0. The van der Waals surface area contributed by atoms with E-state index in [0.29, 0.717) is 19.1 Å². The lowest BCUT2D eigenvalue weighted by Crippen LogP contribution is -2.43. The molecule has 0 aliphatic rings. The van der Waals surface area contributed by atoms with E-state index in [4.69, 9.17) is 0 Å². The molecular weight excluding hydrogens is 632 g/mol. The van der Waals surface area contributed by atoms with Gasteiger partial charge in [0, 0.05) is 14.5 Å². The second-order valence-corrected chi connectivity index (χ2v) is 9.06. The Kier molecular flexibility index (Phi) is 8.73. The van der Waals surface area contributed by atoms with Crippen molar-refractivity contribution in [2.75, 3.05) is 0 Å². The fourth-order valence-corrected chi connectivity index (χ4v) is 4.19. The predicted octanol–water partition coefficient (Wildman–Crippen LogP) is 8.57. The van der Waals surface area contributed by atoms with Crippen molar-refractivity contribution in [3.8, 4) is 0 Å². The van der Waals surface area contributed by atoms with Crippen LogP contribution in [0.25, 0.3) is 5.83 Å². The lowest BCUT2D eigenvalue weighted by Gasteiger charge is -2.20. The Morgan fingerprint density at radius 2 is 1.43 bits per heavy atom. The molecule has 0 fully saturated rings. The van der Waals surface area contributed by atoms with Crippen LogP contribution in [0.2, 0.25) is 0 Å². The van der Waals surface area contributed by atoms with Gasteiger partial charge in [0.05, 0.1) is 11.1 Å². The van der Waals surface area contributed by atoms with Gasteiger partial charge in [-0.05, 0) is 48.9 Å². The molecular formula is C21H13Br2F10NO. The van der Waals surface area contributed by atoms with Crippen molar-refractivity contribution in [1.82, 2.24) is 5.32 Å². The molecule has 2 aromatic rings. The summed E-state index contributed by atoms with van der Waals surface area (Å²) in [6.45, 7) is 0.500. The second-order valence-electron chi connectivity index (χ2n) is 7.23. The Labute approximate surface area is 208 Å². The highest BCUT2D eigenvalue weighted by molar-refractivity contribution is 9.11. The van der Waals surface area contributed by atoms with E-state index < -0.39 is 64.5 Å². The van der Waals surface area contributed by atoms with Crippen LogP contribution < -0.4 is 5.32 Å². The summed E-state index contributed by atoms with van der Waals surface area (Å²) in [6.07, 6.45) is -15.2. The number of carbonyl (C=O) groups is 1. The van der Waals surface area contributed by atoms with Gasteiger partial charge in [0.1, 0.15) is 17.8 Å². The molecule has 2 nitrogen and oxygen atoms in total. The number of hydrogen-bond acceptors (Lipinski definition) is 1. The van der Waals surface area contributed by atoms with Crippen LogP contribution >= 0.6 is 31.9 Å². The Bertz CT molecular complexity index is 1100. The van der Waals surface area contributed by atoms with Gasteiger partial charge in [0.2, 0.25) is 0 Å². The molecule has 0 heterocycles. The molecule has 0 spiro atoms.